The van der Waals surface area contributed by atoms with Crippen LogP contribution < -0.4 is 10.1 Å². The molecule has 1 fully saturated rings. The van der Waals surface area contributed by atoms with Gasteiger partial charge in [-0.25, -0.2) is 0 Å². The van der Waals surface area contributed by atoms with E-state index in [2.05, 4.69) is 39.4 Å². The van der Waals surface area contributed by atoms with Crippen molar-refractivity contribution in [3.63, 3.8) is 0 Å². The highest BCUT2D eigenvalue weighted by Gasteiger charge is 2.25. The molecule has 1 aliphatic rings. The van der Waals surface area contributed by atoms with Gasteiger partial charge in [0.15, 0.2) is 0 Å². The molecule has 0 bridgehead atoms. The van der Waals surface area contributed by atoms with Gasteiger partial charge in [-0.2, -0.15) is 0 Å². The summed E-state index contributed by atoms with van der Waals surface area (Å²) >= 11 is 6.13. The van der Waals surface area contributed by atoms with Gasteiger partial charge < -0.3 is 10.1 Å². The Labute approximate surface area is 165 Å². The number of amides is 1. The predicted octanol–water partition coefficient (Wildman–Crippen LogP) is 3.49. The third kappa shape index (κ3) is 5.22. The molecule has 0 spiro atoms. The monoisotopic (exact) mass is 387 g/mol. The SMILES string of the molecule is COc1ccc(NC(=O)[C@H](C)N2CCN(Cc3ccccc3)CC2)cc1Cl. The van der Waals surface area contributed by atoms with Crippen LogP contribution >= 0.6 is 11.6 Å². The van der Waals surface area contributed by atoms with Crippen molar-refractivity contribution < 1.29 is 9.53 Å². The number of benzene rings is 2. The smallest absolute Gasteiger partial charge is 0.241 e. The van der Waals surface area contributed by atoms with E-state index in [0.29, 0.717) is 16.5 Å². The maximum absolute atomic E-state index is 12.6. The second-order valence-corrected chi connectivity index (χ2v) is 7.22. The third-order valence-electron chi connectivity index (χ3n) is 5.00. The van der Waals surface area contributed by atoms with Gasteiger partial charge in [0.2, 0.25) is 5.91 Å². The Kier molecular flexibility index (Phi) is 6.72. The number of nitrogens with one attached hydrogen (secondary N) is 1. The normalized spacial score (nSPS) is 16.7. The molecule has 5 nitrogen and oxygen atoms in total. The molecule has 2 aromatic rings. The molecule has 0 saturated carbocycles. The first-order valence-corrected chi connectivity index (χ1v) is 9.59. The second kappa shape index (κ2) is 9.22. The van der Waals surface area contributed by atoms with Crippen molar-refractivity contribution in [2.45, 2.75) is 19.5 Å². The first kappa shape index (κ1) is 19.7. The van der Waals surface area contributed by atoms with E-state index in [1.165, 1.54) is 5.56 Å². The maximum atomic E-state index is 12.6. The highest BCUT2D eigenvalue weighted by molar-refractivity contribution is 6.32. The zero-order valence-corrected chi connectivity index (χ0v) is 16.6. The van der Waals surface area contributed by atoms with Gasteiger partial charge in [-0.05, 0) is 30.7 Å². The Bertz CT molecular complexity index is 761. The molecule has 0 aliphatic carbocycles. The fourth-order valence-corrected chi connectivity index (χ4v) is 3.56. The summed E-state index contributed by atoms with van der Waals surface area (Å²) in [7, 11) is 1.57. The number of piperazine rings is 1. The molecule has 1 heterocycles. The molecular weight excluding hydrogens is 362 g/mol. The fourth-order valence-electron chi connectivity index (χ4n) is 3.31. The molecule has 2 aromatic carbocycles. The average Bonchev–Trinajstić information content (AvgIpc) is 2.69. The van der Waals surface area contributed by atoms with Crippen molar-refractivity contribution in [1.29, 1.82) is 0 Å². The van der Waals surface area contributed by atoms with Crippen molar-refractivity contribution in [2.75, 3.05) is 38.6 Å². The summed E-state index contributed by atoms with van der Waals surface area (Å²) in [6.07, 6.45) is 0. The number of carbonyl (C=O) groups excluding carboxylic acids is 1. The number of anilines is 1. The molecule has 6 heteroatoms. The van der Waals surface area contributed by atoms with Gasteiger partial charge in [0.1, 0.15) is 5.75 Å². The van der Waals surface area contributed by atoms with Crippen molar-refractivity contribution in [3.05, 3.63) is 59.1 Å². The summed E-state index contributed by atoms with van der Waals surface area (Å²) in [5.74, 6) is 0.574. The van der Waals surface area contributed by atoms with Gasteiger partial charge in [0.05, 0.1) is 18.2 Å². The quantitative estimate of drug-likeness (QED) is 0.824. The van der Waals surface area contributed by atoms with Crippen LogP contribution in [0.5, 0.6) is 5.75 Å². The van der Waals surface area contributed by atoms with Crippen LogP contribution in [0, 0.1) is 0 Å². The maximum Gasteiger partial charge on any atom is 0.241 e. The van der Waals surface area contributed by atoms with Crippen LogP contribution in [0.15, 0.2) is 48.5 Å². The highest BCUT2D eigenvalue weighted by atomic mass is 35.5. The van der Waals surface area contributed by atoms with Crippen LogP contribution in [0.3, 0.4) is 0 Å². The number of halogens is 1. The second-order valence-electron chi connectivity index (χ2n) is 6.81. The number of carbonyl (C=O) groups is 1. The topological polar surface area (TPSA) is 44.8 Å². The van der Waals surface area contributed by atoms with E-state index in [4.69, 9.17) is 16.3 Å². The number of ether oxygens (including phenoxy) is 1. The molecule has 27 heavy (non-hydrogen) atoms. The van der Waals surface area contributed by atoms with Crippen LogP contribution in [-0.4, -0.2) is 55.0 Å². The zero-order chi connectivity index (χ0) is 19.2. The molecular formula is C21H26ClN3O2. The summed E-state index contributed by atoms with van der Waals surface area (Å²) in [5, 5.41) is 3.43. The van der Waals surface area contributed by atoms with Crippen LogP contribution in [0.25, 0.3) is 0 Å². The van der Waals surface area contributed by atoms with Crippen molar-refractivity contribution in [3.8, 4) is 5.75 Å². The molecule has 1 saturated heterocycles. The minimum Gasteiger partial charge on any atom is -0.495 e. The van der Waals surface area contributed by atoms with E-state index in [9.17, 15) is 4.79 Å². The molecule has 0 aromatic heterocycles. The Morgan fingerprint density at radius 2 is 1.85 bits per heavy atom. The van der Waals surface area contributed by atoms with Crippen LogP contribution in [0.4, 0.5) is 5.69 Å². The molecule has 1 atom stereocenters. The van der Waals surface area contributed by atoms with E-state index >= 15 is 0 Å². The van der Waals surface area contributed by atoms with Crippen LogP contribution in [-0.2, 0) is 11.3 Å². The van der Waals surface area contributed by atoms with Crippen LogP contribution in [0.1, 0.15) is 12.5 Å². The van der Waals surface area contributed by atoms with Gasteiger partial charge in [-0.3, -0.25) is 14.6 Å². The van der Waals surface area contributed by atoms with Gasteiger partial charge in [0.25, 0.3) is 0 Å². The standard InChI is InChI=1S/C21H26ClN3O2/c1-16(21(26)23-18-8-9-20(27-2)19(22)14-18)25-12-10-24(11-13-25)15-17-6-4-3-5-7-17/h3-9,14,16H,10-13,15H2,1-2H3,(H,23,26)/t16-/m0/s1. The number of rotatable bonds is 6. The summed E-state index contributed by atoms with van der Waals surface area (Å²) in [4.78, 5) is 17.3. The van der Waals surface area contributed by atoms with Crippen molar-refractivity contribution >= 4 is 23.2 Å². The van der Waals surface area contributed by atoms with Gasteiger partial charge in [-0.1, -0.05) is 41.9 Å². The summed E-state index contributed by atoms with van der Waals surface area (Å²) in [5.41, 5.74) is 2.01. The largest absolute Gasteiger partial charge is 0.495 e. The van der Waals surface area contributed by atoms with Gasteiger partial charge in [-0.15, -0.1) is 0 Å². The lowest BCUT2D eigenvalue weighted by molar-refractivity contribution is -0.121. The lowest BCUT2D eigenvalue weighted by atomic mass is 10.1. The average molecular weight is 388 g/mol. The van der Waals surface area contributed by atoms with E-state index in [1.54, 1.807) is 25.3 Å². The molecule has 3 rings (SSSR count). The number of methoxy groups -OCH3 is 1. The number of hydrogen-bond acceptors (Lipinski definition) is 4. The fraction of sp³-hybridized carbons (Fsp3) is 0.381. The summed E-state index contributed by atoms with van der Waals surface area (Å²) in [6.45, 7) is 6.59. The summed E-state index contributed by atoms with van der Waals surface area (Å²) < 4.78 is 5.14. The first-order valence-electron chi connectivity index (χ1n) is 9.21. The van der Waals surface area contributed by atoms with Crippen LogP contribution in [0.2, 0.25) is 5.02 Å². The Morgan fingerprint density at radius 1 is 1.15 bits per heavy atom. The minimum atomic E-state index is -0.190. The minimum absolute atomic E-state index is 0.0206. The first-order chi connectivity index (χ1) is 13.1. The van der Waals surface area contributed by atoms with E-state index in [-0.39, 0.29) is 11.9 Å². The lowest BCUT2D eigenvalue weighted by Crippen LogP contribution is -2.52. The van der Waals surface area contributed by atoms with E-state index in [0.717, 1.165) is 32.7 Å². The molecule has 0 radical (unpaired) electrons. The Hall–Kier alpha value is -2.08. The summed E-state index contributed by atoms with van der Waals surface area (Å²) in [6, 6.07) is 15.6. The predicted molar refractivity (Wildman–Crippen MR) is 109 cm³/mol. The zero-order valence-electron chi connectivity index (χ0n) is 15.8. The van der Waals surface area contributed by atoms with Crippen molar-refractivity contribution in [1.82, 2.24) is 9.80 Å². The number of nitrogens with zero attached hydrogens (tertiary/aromatic N) is 2. The molecule has 1 amide bonds. The molecule has 0 unspecified atom stereocenters. The Balaban J connectivity index is 1.50. The molecule has 144 valence electrons. The highest BCUT2D eigenvalue weighted by Crippen LogP contribution is 2.27. The molecule has 1 N–H and O–H groups in total. The van der Waals surface area contributed by atoms with E-state index < -0.39 is 0 Å². The molecule has 1 aliphatic heterocycles. The third-order valence-corrected chi connectivity index (χ3v) is 5.30. The van der Waals surface area contributed by atoms with E-state index in [1.807, 2.05) is 13.0 Å². The van der Waals surface area contributed by atoms with Gasteiger partial charge >= 0.3 is 0 Å². The Morgan fingerprint density at radius 3 is 2.48 bits per heavy atom. The number of hydrogen-bond donors (Lipinski definition) is 1. The van der Waals surface area contributed by atoms with Crippen molar-refractivity contribution in [2.24, 2.45) is 0 Å². The van der Waals surface area contributed by atoms with Gasteiger partial charge in [0, 0.05) is 38.4 Å². The lowest BCUT2D eigenvalue weighted by Gasteiger charge is -2.37.